The molecule has 0 aliphatic carbocycles. The van der Waals surface area contributed by atoms with Crippen molar-refractivity contribution in [2.24, 2.45) is 0 Å². The van der Waals surface area contributed by atoms with Gasteiger partial charge in [-0.1, -0.05) is 5.92 Å². The topological polar surface area (TPSA) is 32.8 Å². The molecule has 1 fully saturated rings. The van der Waals surface area contributed by atoms with Crippen LogP contribution in [0.25, 0.3) is 0 Å². The van der Waals surface area contributed by atoms with Crippen molar-refractivity contribution >= 4 is 6.09 Å². The summed E-state index contributed by atoms with van der Waals surface area (Å²) in [6.07, 6.45) is -0.286. The highest BCUT2D eigenvalue weighted by molar-refractivity contribution is 5.67. The maximum atomic E-state index is 11.8. The second-order valence-corrected chi connectivity index (χ2v) is 3.64. The Balaban J connectivity index is 2.29. The van der Waals surface area contributed by atoms with E-state index >= 15 is 0 Å². The molecule has 0 N–H and O–H groups in total. The summed E-state index contributed by atoms with van der Waals surface area (Å²) in [6, 6.07) is 0. The summed E-state index contributed by atoms with van der Waals surface area (Å²) in [5, 5.41) is 0. The van der Waals surface area contributed by atoms with E-state index in [9.17, 15) is 18.0 Å². The van der Waals surface area contributed by atoms with E-state index in [1.165, 1.54) is 4.90 Å². The fraction of sp³-hybridized carbons (Fsp3) is 0.700. The lowest BCUT2D eigenvalue weighted by atomic mass is 10.3. The van der Waals surface area contributed by atoms with Crippen LogP contribution in [0.1, 0.15) is 0 Å². The lowest BCUT2D eigenvalue weighted by Gasteiger charge is -2.32. The maximum absolute atomic E-state index is 11.8. The fourth-order valence-electron chi connectivity index (χ4n) is 1.45. The van der Waals surface area contributed by atoms with E-state index in [0.29, 0.717) is 32.7 Å². The smallest absolute Gasteiger partial charge is 0.422 e. The van der Waals surface area contributed by atoms with Gasteiger partial charge in [0.2, 0.25) is 0 Å². The average Bonchev–Trinajstić information content (AvgIpc) is 2.26. The van der Waals surface area contributed by atoms with Gasteiger partial charge in [-0.3, -0.25) is 4.90 Å². The van der Waals surface area contributed by atoms with Crippen LogP contribution in [-0.2, 0) is 4.74 Å². The molecular formula is C10H13F3N2O2. The fourth-order valence-corrected chi connectivity index (χ4v) is 1.45. The van der Waals surface area contributed by atoms with Gasteiger partial charge in [0.25, 0.3) is 0 Å². The standard InChI is InChI=1S/C10H13F3N2O2/c1-2-3-14-4-6-15(7-5-14)9(16)17-8-10(11,12)13/h1H,3-8H2. The summed E-state index contributed by atoms with van der Waals surface area (Å²) in [5.74, 6) is 2.47. The predicted octanol–water partition coefficient (Wildman–Crippen LogP) is 0.936. The molecule has 0 aromatic heterocycles. The number of amides is 1. The zero-order valence-corrected chi connectivity index (χ0v) is 9.16. The Labute approximate surface area is 97.3 Å². The highest BCUT2D eigenvalue weighted by Crippen LogP contribution is 2.15. The number of nitrogens with zero attached hydrogens (tertiary/aromatic N) is 2. The van der Waals surface area contributed by atoms with E-state index in [4.69, 9.17) is 6.42 Å². The Kier molecular flexibility index (Phi) is 4.63. The Hall–Kier alpha value is -1.42. The van der Waals surface area contributed by atoms with E-state index in [1.54, 1.807) is 0 Å². The van der Waals surface area contributed by atoms with Crippen molar-refractivity contribution in [1.82, 2.24) is 9.80 Å². The van der Waals surface area contributed by atoms with Crippen molar-refractivity contribution in [3.63, 3.8) is 0 Å². The SMILES string of the molecule is C#CCN1CCN(C(=O)OCC(F)(F)F)CC1. The van der Waals surface area contributed by atoms with Crippen LogP contribution in [-0.4, -0.2) is 61.4 Å². The van der Waals surface area contributed by atoms with Crippen molar-refractivity contribution in [3.05, 3.63) is 0 Å². The molecule has 17 heavy (non-hydrogen) atoms. The normalized spacial score (nSPS) is 17.6. The van der Waals surface area contributed by atoms with Crippen LogP contribution in [0.2, 0.25) is 0 Å². The van der Waals surface area contributed by atoms with Crippen molar-refractivity contribution in [3.8, 4) is 12.3 Å². The third kappa shape index (κ3) is 4.95. The minimum absolute atomic E-state index is 0.332. The third-order valence-corrected chi connectivity index (χ3v) is 2.30. The number of piperazine rings is 1. The molecule has 1 aliphatic rings. The molecule has 0 saturated carbocycles. The number of hydrogen-bond donors (Lipinski definition) is 0. The van der Waals surface area contributed by atoms with Crippen LogP contribution < -0.4 is 0 Å². The zero-order chi connectivity index (χ0) is 12.9. The number of ether oxygens (including phenoxy) is 1. The third-order valence-electron chi connectivity index (χ3n) is 2.30. The molecule has 7 heteroatoms. The lowest BCUT2D eigenvalue weighted by Crippen LogP contribution is -2.49. The lowest BCUT2D eigenvalue weighted by molar-refractivity contribution is -0.162. The predicted molar refractivity (Wildman–Crippen MR) is 54.2 cm³/mol. The zero-order valence-electron chi connectivity index (χ0n) is 9.16. The van der Waals surface area contributed by atoms with Crippen LogP contribution in [0.15, 0.2) is 0 Å². The van der Waals surface area contributed by atoms with E-state index in [1.807, 2.05) is 4.90 Å². The summed E-state index contributed by atoms with van der Waals surface area (Å²) in [5.41, 5.74) is 0. The number of terminal acetylenes is 1. The number of carbonyl (C=O) groups excluding carboxylic acids is 1. The summed E-state index contributed by atoms with van der Waals surface area (Å²) < 4.78 is 39.6. The number of alkyl halides is 3. The van der Waals surface area contributed by atoms with Gasteiger partial charge in [-0.2, -0.15) is 13.2 Å². The Morgan fingerprint density at radius 1 is 1.29 bits per heavy atom. The molecule has 0 spiro atoms. The maximum Gasteiger partial charge on any atom is 0.422 e. The molecule has 0 aromatic carbocycles. The Morgan fingerprint density at radius 2 is 1.88 bits per heavy atom. The van der Waals surface area contributed by atoms with Crippen molar-refractivity contribution < 1.29 is 22.7 Å². The summed E-state index contributed by atoms with van der Waals surface area (Å²) >= 11 is 0. The molecule has 4 nitrogen and oxygen atoms in total. The highest BCUT2D eigenvalue weighted by Gasteiger charge is 2.31. The van der Waals surface area contributed by atoms with Crippen molar-refractivity contribution in [1.29, 1.82) is 0 Å². The van der Waals surface area contributed by atoms with E-state index < -0.39 is 18.9 Å². The Morgan fingerprint density at radius 3 is 2.35 bits per heavy atom. The molecule has 1 heterocycles. The molecule has 96 valence electrons. The minimum Gasteiger partial charge on any atom is -0.440 e. The van der Waals surface area contributed by atoms with Gasteiger partial charge >= 0.3 is 12.3 Å². The molecule has 1 amide bonds. The van der Waals surface area contributed by atoms with Gasteiger partial charge in [0.1, 0.15) is 0 Å². The van der Waals surface area contributed by atoms with Crippen LogP contribution in [0, 0.1) is 12.3 Å². The first kappa shape index (κ1) is 13.6. The summed E-state index contributed by atoms with van der Waals surface area (Å²) in [6.45, 7) is 0.690. The highest BCUT2D eigenvalue weighted by atomic mass is 19.4. The van der Waals surface area contributed by atoms with Crippen molar-refractivity contribution in [2.45, 2.75) is 6.18 Å². The Bertz CT molecular complexity index is 304. The first-order valence-electron chi connectivity index (χ1n) is 5.06. The van der Waals surface area contributed by atoms with Gasteiger partial charge in [0.05, 0.1) is 6.54 Å². The molecule has 0 aromatic rings. The van der Waals surface area contributed by atoms with Crippen LogP contribution in [0.4, 0.5) is 18.0 Å². The molecule has 1 aliphatic heterocycles. The van der Waals surface area contributed by atoms with E-state index in [0.717, 1.165) is 0 Å². The molecule has 0 atom stereocenters. The molecule has 0 bridgehead atoms. The van der Waals surface area contributed by atoms with Gasteiger partial charge in [0.15, 0.2) is 6.61 Å². The van der Waals surface area contributed by atoms with Crippen molar-refractivity contribution in [2.75, 3.05) is 39.3 Å². The first-order chi connectivity index (χ1) is 7.92. The van der Waals surface area contributed by atoms with Crippen LogP contribution >= 0.6 is 0 Å². The molecular weight excluding hydrogens is 237 g/mol. The summed E-state index contributed by atoms with van der Waals surface area (Å²) in [4.78, 5) is 14.4. The van der Waals surface area contributed by atoms with Crippen LogP contribution in [0.5, 0.6) is 0 Å². The second-order valence-electron chi connectivity index (χ2n) is 3.64. The minimum atomic E-state index is -4.49. The van der Waals surface area contributed by atoms with Crippen LogP contribution in [0.3, 0.4) is 0 Å². The largest absolute Gasteiger partial charge is 0.440 e. The van der Waals surface area contributed by atoms with E-state index in [-0.39, 0.29) is 0 Å². The van der Waals surface area contributed by atoms with Gasteiger partial charge in [-0.05, 0) is 0 Å². The molecule has 1 saturated heterocycles. The number of rotatable bonds is 2. The van der Waals surface area contributed by atoms with Gasteiger partial charge in [0, 0.05) is 26.2 Å². The van der Waals surface area contributed by atoms with Gasteiger partial charge in [-0.25, -0.2) is 4.79 Å². The second kappa shape index (κ2) is 5.77. The number of hydrogen-bond acceptors (Lipinski definition) is 3. The average molecular weight is 250 g/mol. The summed E-state index contributed by atoms with van der Waals surface area (Å²) in [7, 11) is 0. The molecule has 0 radical (unpaired) electrons. The number of halogens is 3. The molecule has 0 unspecified atom stereocenters. The molecule has 1 rings (SSSR count). The first-order valence-corrected chi connectivity index (χ1v) is 5.06. The van der Waals surface area contributed by atoms with Gasteiger partial charge < -0.3 is 9.64 Å². The van der Waals surface area contributed by atoms with E-state index in [2.05, 4.69) is 10.7 Å². The quantitative estimate of drug-likeness (QED) is 0.684. The monoisotopic (exact) mass is 250 g/mol. The number of carbonyl (C=O) groups is 1. The van der Waals surface area contributed by atoms with Gasteiger partial charge in [-0.15, -0.1) is 6.42 Å².